The third kappa shape index (κ3) is 3.98. The Balaban J connectivity index is 1.64. The van der Waals surface area contributed by atoms with Crippen molar-refractivity contribution in [2.24, 2.45) is 0 Å². The van der Waals surface area contributed by atoms with E-state index in [9.17, 15) is 4.79 Å². The SMILES string of the molecule is COc1ccc(C(=O)N[n+]2ccc(Cc3ccccc3)cc2)cc1. The van der Waals surface area contributed by atoms with E-state index in [1.807, 2.05) is 42.7 Å². The van der Waals surface area contributed by atoms with Crippen molar-refractivity contribution in [1.29, 1.82) is 0 Å². The molecule has 0 atom stereocenters. The van der Waals surface area contributed by atoms with Crippen LogP contribution in [0, 0.1) is 0 Å². The van der Waals surface area contributed by atoms with Gasteiger partial charge in [0.25, 0.3) is 0 Å². The molecule has 4 nitrogen and oxygen atoms in total. The fraction of sp³-hybridized carbons (Fsp3) is 0.100. The zero-order valence-corrected chi connectivity index (χ0v) is 13.5. The highest BCUT2D eigenvalue weighted by molar-refractivity contribution is 5.98. The van der Waals surface area contributed by atoms with Crippen LogP contribution in [0.15, 0.2) is 79.1 Å². The van der Waals surface area contributed by atoms with Crippen LogP contribution < -0.4 is 14.8 Å². The van der Waals surface area contributed by atoms with Crippen molar-refractivity contribution in [2.45, 2.75) is 6.42 Å². The highest BCUT2D eigenvalue weighted by Gasteiger charge is 2.10. The molecule has 0 radical (unpaired) electrons. The molecule has 2 aromatic carbocycles. The molecule has 3 aromatic rings. The Morgan fingerprint density at radius 3 is 2.17 bits per heavy atom. The van der Waals surface area contributed by atoms with E-state index in [4.69, 9.17) is 4.74 Å². The minimum absolute atomic E-state index is 0.168. The Labute approximate surface area is 141 Å². The lowest BCUT2D eigenvalue weighted by Gasteiger charge is -2.03. The number of hydrogen-bond donors (Lipinski definition) is 1. The molecule has 3 rings (SSSR count). The Hall–Kier alpha value is -3.14. The van der Waals surface area contributed by atoms with Crippen molar-refractivity contribution >= 4 is 5.91 Å². The van der Waals surface area contributed by atoms with Crippen LogP contribution in [0.2, 0.25) is 0 Å². The molecule has 4 heteroatoms. The van der Waals surface area contributed by atoms with Gasteiger partial charge in [0.2, 0.25) is 0 Å². The van der Waals surface area contributed by atoms with E-state index >= 15 is 0 Å². The number of rotatable bonds is 5. The molecule has 0 aliphatic rings. The number of aromatic nitrogens is 1. The number of pyridine rings is 1. The van der Waals surface area contributed by atoms with Crippen LogP contribution in [0.3, 0.4) is 0 Å². The highest BCUT2D eigenvalue weighted by Crippen LogP contribution is 2.11. The first kappa shape index (κ1) is 15.7. The minimum atomic E-state index is -0.168. The predicted octanol–water partition coefficient (Wildman–Crippen LogP) is 2.96. The molecule has 0 saturated heterocycles. The van der Waals surface area contributed by atoms with Gasteiger partial charge < -0.3 is 4.74 Å². The number of methoxy groups -OCH3 is 1. The van der Waals surface area contributed by atoms with Gasteiger partial charge in [-0.05, 0) is 41.8 Å². The lowest BCUT2D eigenvalue weighted by atomic mass is 10.1. The standard InChI is InChI=1S/C20H18N2O2/c1-24-19-9-7-18(8-10-19)20(23)21-22-13-11-17(12-14-22)15-16-5-3-2-4-6-16/h2-14H,15H2,1H3/p+1. The highest BCUT2D eigenvalue weighted by atomic mass is 16.5. The summed E-state index contributed by atoms with van der Waals surface area (Å²) >= 11 is 0. The number of amides is 1. The van der Waals surface area contributed by atoms with Gasteiger partial charge in [0.1, 0.15) is 5.75 Å². The van der Waals surface area contributed by atoms with Crippen LogP contribution in [0.25, 0.3) is 0 Å². The molecule has 1 amide bonds. The maximum Gasteiger partial charge on any atom is 0.305 e. The summed E-state index contributed by atoms with van der Waals surface area (Å²) in [5, 5.41) is 0. The second-order valence-corrected chi connectivity index (χ2v) is 5.45. The van der Waals surface area contributed by atoms with Gasteiger partial charge in [-0.3, -0.25) is 4.79 Å². The Bertz CT molecular complexity index is 797. The molecule has 0 fully saturated rings. The maximum atomic E-state index is 12.2. The number of hydrogen-bond acceptors (Lipinski definition) is 2. The molecular formula is C20H19N2O2+. The van der Waals surface area contributed by atoms with Crippen LogP contribution in [0.1, 0.15) is 21.5 Å². The van der Waals surface area contributed by atoms with Crippen LogP contribution in [0.4, 0.5) is 0 Å². The molecule has 120 valence electrons. The molecule has 1 aromatic heterocycles. The first-order chi connectivity index (χ1) is 11.7. The predicted molar refractivity (Wildman–Crippen MR) is 92.6 cm³/mol. The van der Waals surface area contributed by atoms with E-state index in [2.05, 4.69) is 17.6 Å². The summed E-state index contributed by atoms with van der Waals surface area (Å²) < 4.78 is 6.75. The van der Waals surface area contributed by atoms with Gasteiger partial charge in [0, 0.05) is 17.7 Å². The number of benzene rings is 2. The van der Waals surface area contributed by atoms with Gasteiger partial charge in [0.15, 0.2) is 12.4 Å². The Kier molecular flexibility index (Phi) is 4.87. The largest absolute Gasteiger partial charge is 0.497 e. The summed E-state index contributed by atoms with van der Waals surface area (Å²) in [6.45, 7) is 0. The number of carbonyl (C=O) groups is 1. The van der Waals surface area contributed by atoms with Gasteiger partial charge in [-0.15, -0.1) is 5.43 Å². The lowest BCUT2D eigenvalue weighted by Crippen LogP contribution is -2.47. The van der Waals surface area contributed by atoms with Crippen LogP contribution in [-0.4, -0.2) is 13.0 Å². The van der Waals surface area contributed by atoms with Gasteiger partial charge >= 0.3 is 5.91 Å². The fourth-order valence-electron chi connectivity index (χ4n) is 2.41. The molecule has 1 heterocycles. The van der Waals surface area contributed by atoms with Gasteiger partial charge in [-0.25, -0.2) is 0 Å². The molecule has 0 aliphatic heterocycles. The second kappa shape index (κ2) is 7.42. The van der Waals surface area contributed by atoms with E-state index in [-0.39, 0.29) is 5.91 Å². The summed E-state index contributed by atoms with van der Waals surface area (Å²) in [7, 11) is 1.60. The monoisotopic (exact) mass is 319 g/mol. The number of ether oxygens (including phenoxy) is 1. The normalized spacial score (nSPS) is 10.2. The van der Waals surface area contributed by atoms with E-state index in [0.717, 1.165) is 12.2 Å². The van der Waals surface area contributed by atoms with Gasteiger partial charge in [-0.2, -0.15) is 0 Å². The van der Waals surface area contributed by atoms with Crippen LogP contribution in [-0.2, 0) is 6.42 Å². The van der Waals surface area contributed by atoms with Crippen molar-refractivity contribution in [1.82, 2.24) is 0 Å². The van der Waals surface area contributed by atoms with Crippen molar-refractivity contribution in [2.75, 3.05) is 12.5 Å². The van der Waals surface area contributed by atoms with Crippen LogP contribution in [0.5, 0.6) is 5.75 Å². The Morgan fingerprint density at radius 1 is 0.917 bits per heavy atom. The smallest absolute Gasteiger partial charge is 0.305 e. The quantitative estimate of drug-likeness (QED) is 0.735. The average Bonchev–Trinajstić information content (AvgIpc) is 2.64. The first-order valence-corrected chi connectivity index (χ1v) is 7.74. The zero-order chi connectivity index (χ0) is 16.8. The molecule has 24 heavy (non-hydrogen) atoms. The summed E-state index contributed by atoms with van der Waals surface area (Å²) in [6, 6.07) is 21.3. The number of nitrogens with zero attached hydrogens (tertiary/aromatic N) is 1. The first-order valence-electron chi connectivity index (χ1n) is 7.74. The van der Waals surface area contributed by atoms with Crippen molar-refractivity contribution in [3.05, 3.63) is 95.8 Å². The summed E-state index contributed by atoms with van der Waals surface area (Å²) in [4.78, 5) is 12.2. The lowest BCUT2D eigenvalue weighted by molar-refractivity contribution is -0.641. The molecule has 1 N–H and O–H groups in total. The van der Waals surface area contributed by atoms with E-state index in [1.54, 1.807) is 36.1 Å². The molecule has 0 bridgehead atoms. The maximum absolute atomic E-state index is 12.2. The van der Waals surface area contributed by atoms with Gasteiger partial charge in [-0.1, -0.05) is 35.0 Å². The van der Waals surface area contributed by atoms with E-state index in [1.165, 1.54) is 11.1 Å². The third-order valence-corrected chi connectivity index (χ3v) is 3.73. The second-order valence-electron chi connectivity index (χ2n) is 5.45. The van der Waals surface area contributed by atoms with Gasteiger partial charge in [0.05, 0.1) is 7.11 Å². The van der Waals surface area contributed by atoms with Crippen molar-refractivity contribution in [3.8, 4) is 5.75 Å². The van der Waals surface area contributed by atoms with Crippen LogP contribution >= 0.6 is 0 Å². The Morgan fingerprint density at radius 2 is 1.54 bits per heavy atom. The third-order valence-electron chi connectivity index (χ3n) is 3.73. The summed E-state index contributed by atoms with van der Waals surface area (Å²) in [5.41, 5.74) is 5.86. The minimum Gasteiger partial charge on any atom is -0.497 e. The summed E-state index contributed by atoms with van der Waals surface area (Å²) in [5.74, 6) is 0.558. The zero-order valence-electron chi connectivity index (χ0n) is 13.5. The molecule has 0 aliphatic carbocycles. The topological polar surface area (TPSA) is 42.2 Å². The van der Waals surface area contributed by atoms with E-state index in [0.29, 0.717) is 5.56 Å². The molecular weight excluding hydrogens is 300 g/mol. The van der Waals surface area contributed by atoms with E-state index < -0.39 is 0 Å². The average molecular weight is 319 g/mol. The molecule has 0 spiro atoms. The molecule has 0 saturated carbocycles. The fourth-order valence-corrected chi connectivity index (χ4v) is 2.41. The summed E-state index contributed by atoms with van der Waals surface area (Å²) in [6.07, 6.45) is 4.56. The van der Waals surface area contributed by atoms with Crippen molar-refractivity contribution < 1.29 is 14.2 Å². The molecule has 0 unspecified atom stereocenters. The number of carbonyl (C=O) groups excluding carboxylic acids is 1. The van der Waals surface area contributed by atoms with Crippen molar-refractivity contribution in [3.63, 3.8) is 0 Å². The number of nitrogens with one attached hydrogen (secondary N) is 1.